The molecule has 1 N–H and O–H groups in total. The predicted molar refractivity (Wildman–Crippen MR) is 84.0 cm³/mol. The number of rotatable bonds is 3. The second kappa shape index (κ2) is 5.76. The van der Waals surface area contributed by atoms with Gasteiger partial charge in [-0.25, -0.2) is 0 Å². The number of hydrogen-bond acceptors (Lipinski definition) is 2. The molecule has 2 nitrogen and oxygen atoms in total. The van der Waals surface area contributed by atoms with Crippen LogP contribution in [0.1, 0.15) is 24.2 Å². The third-order valence-corrected chi connectivity index (χ3v) is 3.84. The van der Waals surface area contributed by atoms with Crippen LogP contribution in [0.5, 0.6) is 0 Å². The lowest BCUT2D eigenvalue weighted by molar-refractivity contribution is 0.199. The van der Waals surface area contributed by atoms with Crippen LogP contribution >= 0.6 is 15.9 Å². The average molecular weight is 320 g/mol. The molecule has 0 amide bonds. The van der Waals surface area contributed by atoms with Crippen molar-refractivity contribution < 1.29 is 5.11 Å². The normalized spacial score (nSPS) is 12.3. The summed E-state index contributed by atoms with van der Waals surface area (Å²) in [5.41, 5.74) is 4.37. The Kier molecular flexibility index (Phi) is 4.27. The van der Waals surface area contributed by atoms with Gasteiger partial charge in [-0.1, -0.05) is 18.2 Å². The number of aliphatic hydroxyl groups excluding tert-OH is 1. The van der Waals surface area contributed by atoms with E-state index in [-0.39, 0.29) is 0 Å². The Hall–Kier alpha value is -1.32. The fourth-order valence-corrected chi connectivity index (χ4v) is 2.69. The Balaban J connectivity index is 2.36. The highest BCUT2D eigenvalue weighted by molar-refractivity contribution is 9.10. The molecule has 0 aromatic heterocycles. The standard InChI is InChI=1S/C16H18BrNO/c1-11-5-4-6-14(9-11)18(3)16-8-7-13(12(2)19)10-15(16)17/h4-10,12,19H,1-3H3. The highest BCUT2D eigenvalue weighted by Crippen LogP contribution is 2.33. The summed E-state index contributed by atoms with van der Waals surface area (Å²) in [6, 6.07) is 14.3. The Morgan fingerprint density at radius 2 is 1.89 bits per heavy atom. The first-order chi connectivity index (χ1) is 8.99. The number of aryl methyl sites for hydroxylation is 1. The molecule has 1 atom stereocenters. The van der Waals surface area contributed by atoms with Crippen molar-refractivity contribution in [3.8, 4) is 0 Å². The van der Waals surface area contributed by atoms with E-state index in [0.717, 1.165) is 21.4 Å². The largest absolute Gasteiger partial charge is 0.389 e. The van der Waals surface area contributed by atoms with Crippen molar-refractivity contribution in [2.24, 2.45) is 0 Å². The summed E-state index contributed by atoms with van der Waals surface area (Å²) in [4.78, 5) is 2.13. The molecule has 0 saturated heterocycles. The number of aliphatic hydroxyl groups is 1. The van der Waals surface area contributed by atoms with Crippen LogP contribution in [-0.2, 0) is 0 Å². The van der Waals surface area contributed by atoms with Gasteiger partial charge in [0.15, 0.2) is 0 Å². The van der Waals surface area contributed by atoms with Gasteiger partial charge >= 0.3 is 0 Å². The minimum Gasteiger partial charge on any atom is -0.389 e. The van der Waals surface area contributed by atoms with Gasteiger partial charge in [-0.2, -0.15) is 0 Å². The number of halogens is 1. The summed E-state index contributed by atoms with van der Waals surface area (Å²) < 4.78 is 0.981. The van der Waals surface area contributed by atoms with E-state index in [2.05, 4.69) is 52.0 Å². The van der Waals surface area contributed by atoms with Crippen LogP contribution in [0.2, 0.25) is 0 Å². The van der Waals surface area contributed by atoms with E-state index in [4.69, 9.17) is 0 Å². The third kappa shape index (κ3) is 3.17. The zero-order valence-corrected chi connectivity index (χ0v) is 13.0. The predicted octanol–water partition coefficient (Wildman–Crippen LogP) is 4.58. The molecule has 0 aliphatic heterocycles. The van der Waals surface area contributed by atoms with Crippen LogP contribution in [0.3, 0.4) is 0 Å². The van der Waals surface area contributed by atoms with E-state index in [1.165, 1.54) is 5.56 Å². The molecule has 0 heterocycles. The molecule has 19 heavy (non-hydrogen) atoms. The van der Waals surface area contributed by atoms with Crippen molar-refractivity contribution >= 4 is 27.3 Å². The van der Waals surface area contributed by atoms with Gasteiger partial charge in [-0.3, -0.25) is 0 Å². The molecule has 0 radical (unpaired) electrons. The van der Waals surface area contributed by atoms with E-state index < -0.39 is 6.10 Å². The first-order valence-electron chi connectivity index (χ1n) is 6.27. The van der Waals surface area contributed by atoms with E-state index in [1.54, 1.807) is 6.92 Å². The summed E-state index contributed by atoms with van der Waals surface area (Å²) in [6.07, 6.45) is -0.449. The third-order valence-electron chi connectivity index (χ3n) is 3.20. The summed E-state index contributed by atoms with van der Waals surface area (Å²) in [5.74, 6) is 0. The van der Waals surface area contributed by atoms with E-state index >= 15 is 0 Å². The van der Waals surface area contributed by atoms with Gasteiger partial charge in [0.25, 0.3) is 0 Å². The van der Waals surface area contributed by atoms with Crippen LogP contribution in [-0.4, -0.2) is 12.2 Å². The molecule has 0 spiro atoms. The molecular formula is C16H18BrNO. The van der Waals surface area contributed by atoms with Crippen molar-refractivity contribution in [2.75, 3.05) is 11.9 Å². The maximum absolute atomic E-state index is 9.60. The summed E-state index contributed by atoms with van der Waals surface area (Å²) >= 11 is 3.58. The van der Waals surface area contributed by atoms with Crippen LogP contribution in [0.4, 0.5) is 11.4 Å². The fraction of sp³-hybridized carbons (Fsp3) is 0.250. The lowest BCUT2D eigenvalue weighted by atomic mass is 10.1. The average Bonchev–Trinajstić information content (AvgIpc) is 2.37. The SMILES string of the molecule is Cc1cccc(N(C)c2ccc(C(C)O)cc2Br)c1. The Morgan fingerprint density at radius 3 is 2.47 bits per heavy atom. The van der Waals surface area contributed by atoms with Gasteiger partial charge in [0, 0.05) is 17.2 Å². The van der Waals surface area contributed by atoms with Gasteiger partial charge in [-0.15, -0.1) is 0 Å². The molecule has 0 aliphatic carbocycles. The molecule has 1 unspecified atom stereocenters. The molecule has 3 heteroatoms. The summed E-state index contributed by atoms with van der Waals surface area (Å²) in [5, 5.41) is 9.60. The van der Waals surface area contributed by atoms with Crippen molar-refractivity contribution in [1.29, 1.82) is 0 Å². The van der Waals surface area contributed by atoms with Crippen molar-refractivity contribution in [3.63, 3.8) is 0 Å². The maximum Gasteiger partial charge on any atom is 0.0762 e. The molecule has 2 rings (SSSR count). The number of anilines is 2. The molecule has 0 fully saturated rings. The molecule has 2 aromatic rings. The first-order valence-corrected chi connectivity index (χ1v) is 7.06. The van der Waals surface area contributed by atoms with Crippen LogP contribution < -0.4 is 4.90 Å². The van der Waals surface area contributed by atoms with Crippen LogP contribution in [0, 0.1) is 6.92 Å². The van der Waals surface area contributed by atoms with Crippen molar-refractivity contribution in [1.82, 2.24) is 0 Å². The van der Waals surface area contributed by atoms with E-state index in [1.807, 2.05) is 25.2 Å². The number of benzene rings is 2. The minimum absolute atomic E-state index is 0.449. The van der Waals surface area contributed by atoms with Crippen LogP contribution in [0.25, 0.3) is 0 Å². The monoisotopic (exact) mass is 319 g/mol. The molecule has 0 bridgehead atoms. The van der Waals surface area contributed by atoms with E-state index in [0.29, 0.717) is 0 Å². The topological polar surface area (TPSA) is 23.5 Å². The lowest BCUT2D eigenvalue weighted by Crippen LogP contribution is -2.10. The number of hydrogen-bond donors (Lipinski definition) is 1. The van der Waals surface area contributed by atoms with Gasteiger partial charge in [-0.05, 0) is 65.2 Å². The minimum atomic E-state index is -0.449. The lowest BCUT2D eigenvalue weighted by Gasteiger charge is -2.22. The van der Waals surface area contributed by atoms with Gasteiger partial charge in [0.2, 0.25) is 0 Å². The van der Waals surface area contributed by atoms with E-state index in [9.17, 15) is 5.11 Å². The quantitative estimate of drug-likeness (QED) is 0.895. The molecule has 2 aromatic carbocycles. The Labute approximate surface area is 122 Å². The second-order valence-electron chi connectivity index (χ2n) is 4.78. The summed E-state index contributed by atoms with van der Waals surface area (Å²) in [7, 11) is 2.04. The van der Waals surface area contributed by atoms with Gasteiger partial charge in [0.1, 0.15) is 0 Å². The highest BCUT2D eigenvalue weighted by atomic mass is 79.9. The molecule has 100 valence electrons. The van der Waals surface area contributed by atoms with Crippen molar-refractivity contribution in [2.45, 2.75) is 20.0 Å². The zero-order valence-electron chi connectivity index (χ0n) is 11.4. The first kappa shape index (κ1) is 14.1. The smallest absolute Gasteiger partial charge is 0.0762 e. The van der Waals surface area contributed by atoms with Gasteiger partial charge in [0.05, 0.1) is 11.8 Å². The number of nitrogens with zero attached hydrogens (tertiary/aromatic N) is 1. The Morgan fingerprint density at radius 1 is 1.16 bits per heavy atom. The Bertz CT molecular complexity index is 581. The molecule has 0 aliphatic rings. The zero-order chi connectivity index (χ0) is 14.0. The molecule has 0 saturated carbocycles. The summed E-state index contributed by atoms with van der Waals surface area (Å²) in [6.45, 7) is 3.86. The maximum atomic E-state index is 9.60. The highest BCUT2D eigenvalue weighted by Gasteiger charge is 2.10. The second-order valence-corrected chi connectivity index (χ2v) is 5.64. The van der Waals surface area contributed by atoms with Crippen molar-refractivity contribution in [3.05, 3.63) is 58.1 Å². The van der Waals surface area contributed by atoms with Crippen LogP contribution in [0.15, 0.2) is 46.9 Å². The molecular weight excluding hydrogens is 302 g/mol. The van der Waals surface area contributed by atoms with Gasteiger partial charge < -0.3 is 10.0 Å². The fourth-order valence-electron chi connectivity index (χ4n) is 2.03.